The molecule has 0 unspecified atom stereocenters. The Labute approximate surface area is 161 Å². The minimum Gasteiger partial charge on any atom is -0.465 e. The molecule has 0 saturated heterocycles. The van der Waals surface area contributed by atoms with Crippen LogP contribution in [0.1, 0.15) is 33.6 Å². The number of thiophene rings is 1. The first-order valence-electron chi connectivity index (χ1n) is 7.97. The van der Waals surface area contributed by atoms with Gasteiger partial charge in [-0.1, -0.05) is 0 Å². The molecule has 3 rings (SSSR count). The standard InChI is InChI=1S/C17H14F4N2O2S2/c1-25-16(24)11-7-4-2-3-5-10(7)27-15(11)23-17(26)22-14-12(20)8(18)6-9(19)13(14)21/h6H,2-5H2,1H3,(H2,22,23,26). The number of carbonyl (C=O) groups is 1. The van der Waals surface area contributed by atoms with Crippen LogP contribution >= 0.6 is 23.6 Å². The molecule has 1 heterocycles. The van der Waals surface area contributed by atoms with Gasteiger partial charge in [-0.2, -0.15) is 0 Å². The molecular formula is C17H14F4N2O2S2. The van der Waals surface area contributed by atoms with Gasteiger partial charge < -0.3 is 15.4 Å². The van der Waals surface area contributed by atoms with Crippen LogP contribution in [0.3, 0.4) is 0 Å². The van der Waals surface area contributed by atoms with Crippen LogP contribution in [-0.4, -0.2) is 18.2 Å². The third kappa shape index (κ3) is 3.77. The summed E-state index contributed by atoms with van der Waals surface area (Å²) in [5.74, 6) is -6.87. The number of esters is 1. The van der Waals surface area contributed by atoms with E-state index in [0.717, 1.165) is 29.7 Å². The average molecular weight is 418 g/mol. The van der Waals surface area contributed by atoms with Crippen LogP contribution in [0.2, 0.25) is 0 Å². The summed E-state index contributed by atoms with van der Waals surface area (Å²) in [4.78, 5) is 13.2. The predicted molar refractivity (Wildman–Crippen MR) is 98.4 cm³/mol. The van der Waals surface area contributed by atoms with Crippen molar-refractivity contribution in [3.63, 3.8) is 0 Å². The third-order valence-electron chi connectivity index (χ3n) is 4.14. The zero-order chi connectivity index (χ0) is 19.7. The first kappa shape index (κ1) is 19.6. The topological polar surface area (TPSA) is 50.4 Å². The van der Waals surface area contributed by atoms with E-state index in [9.17, 15) is 22.4 Å². The highest BCUT2D eigenvalue weighted by molar-refractivity contribution is 7.80. The molecule has 27 heavy (non-hydrogen) atoms. The summed E-state index contributed by atoms with van der Waals surface area (Å²) in [7, 11) is 1.25. The normalized spacial score (nSPS) is 13.1. The number of methoxy groups -OCH3 is 1. The van der Waals surface area contributed by atoms with Gasteiger partial charge in [-0.25, -0.2) is 22.4 Å². The lowest BCUT2D eigenvalue weighted by atomic mass is 9.95. The second-order valence-corrected chi connectivity index (χ2v) is 7.34. The summed E-state index contributed by atoms with van der Waals surface area (Å²) < 4.78 is 59.0. The van der Waals surface area contributed by atoms with Gasteiger partial charge in [0.2, 0.25) is 0 Å². The summed E-state index contributed by atoms with van der Waals surface area (Å²) in [6, 6.07) is 0.106. The lowest BCUT2D eigenvalue weighted by Crippen LogP contribution is -2.22. The van der Waals surface area contributed by atoms with Gasteiger partial charge in [0.1, 0.15) is 10.7 Å². The van der Waals surface area contributed by atoms with E-state index in [0.29, 0.717) is 17.0 Å². The molecule has 2 N–H and O–H groups in total. The number of carbonyl (C=O) groups excluding carboxylic acids is 1. The van der Waals surface area contributed by atoms with Crippen LogP contribution < -0.4 is 10.6 Å². The van der Waals surface area contributed by atoms with Gasteiger partial charge in [0.15, 0.2) is 28.4 Å². The number of rotatable bonds is 3. The zero-order valence-corrected chi connectivity index (χ0v) is 15.7. The minimum absolute atomic E-state index is 0.106. The van der Waals surface area contributed by atoms with Crippen LogP contribution in [0.25, 0.3) is 0 Å². The number of fused-ring (bicyclic) bond motifs is 1. The fraction of sp³-hybridized carbons (Fsp3) is 0.294. The van der Waals surface area contributed by atoms with Crippen molar-refractivity contribution in [2.45, 2.75) is 25.7 Å². The molecule has 144 valence electrons. The second kappa shape index (κ2) is 7.81. The van der Waals surface area contributed by atoms with Crippen LogP contribution in [0.15, 0.2) is 6.07 Å². The minimum atomic E-state index is -1.60. The summed E-state index contributed by atoms with van der Waals surface area (Å²) in [6.45, 7) is 0. The van der Waals surface area contributed by atoms with Crippen LogP contribution in [0, 0.1) is 23.3 Å². The third-order valence-corrected chi connectivity index (χ3v) is 5.55. The largest absolute Gasteiger partial charge is 0.465 e. The number of anilines is 2. The Balaban J connectivity index is 1.89. The maximum atomic E-state index is 13.8. The highest BCUT2D eigenvalue weighted by Crippen LogP contribution is 2.38. The van der Waals surface area contributed by atoms with Crippen molar-refractivity contribution in [1.29, 1.82) is 0 Å². The molecule has 0 atom stereocenters. The summed E-state index contributed by atoms with van der Waals surface area (Å²) in [5, 5.41) is 4.84. The van der Waals surface area contributed by atoms with E-state index in [1.807, 2.05) is 0 Å². The molecule has 10 heteroatoms. The van der Waals surface area contributed by atoms with Crippen molar-refractivity contribution in [2.75, 3.05) is 17.7 Å². The van der Waals surface area contributed by atoms with E-state index in [2.05, 4.69) is 10.6 Å². The summed E-state index contributed by atoms with van der Waals surface area (Å²) in [5.41, 5.74) is 0.121. The zero-order valence-electron chi connectivity index (χ0n) is 14.1. The van der Waals surface area contributed by atoms with Gasteiger partial charge in [-0.15, -0.1) is 11.3 Å². The first-order chi connectivity index (χ1) is 12.8. The van der Waals surface area contributed by atoms with Crippen molar-refractivity contribution in [3.05, 3.63) is 45.3 Å². The molecule has 1 aromatic carbocycles. The van der Waals surface area contributed by atoms with Gasteiger partial charge in [0.25, 0.3) is 0 Å². The van der Waals surface area contributed by atoms with Gasteiger partial charge in [-0.3, -0.25) is 0 Å². The van der Waals surface area contributed by atoms with Gasteiger partial charge >= 0.3 is 5.97 Å². The van der Waals surface area contributed by atoms with E-state index in [4.69, 9.17) is 17.0 Å². The molecule has 2 aromatic rings. The number of benzene rings is 1. The highest BCUT2D eigenvalue weighted by atomic mass is 32.1. The first-order valence-corrected chi connectivity index (χ1v) is 9.19. The number of thiocarbonyl (C=S) groups is 1. The fourth-order valence-electron chi connectivity index (χ4n) is 2.90. The van der Waals surface area contributed by atoms with Crippen molar-refractivity contribution >= 4 is 45.3 Å². The molecule has 0 amide bonds. The lowest BCUT2D eigenvalue weighted by molar-refractivity contribution is 0.0601. The number of ether oxygens (including phenoxy) is 1. The monoisotopic (exact) mass is 418 g/mol. The summed E-state index contributed by atoms with van der Waals surface area (Å²) >= 11 is 6.29. The lowest BCUT2D eigenvalue weighted by Gasteiger charge is -2.13. The van der Waals surface area contributed by atoms with Gasteiger partial charge in [-0.05, 0) is 43.5 Å². The average Bonchev–Trinajstić information content (AvgIpc) is 3.00. The Morgan fingerprint density at radius 2 is 1.74 bits per heavy atom. The van der Waals surface area contributed by atoms with E-state index in [1.54, 1.807) is 0 Å². The number of hydrogen-bond acceptors (Lipinski definition) is 4. The molecule has 0 spiro atoms. The van der Waals surface area contributed by atoms with E-state index in [-0.39, 0.29) is 11.2 Å². The Morgan fingerprint density at radius 1 is 1.11 bits per heavy atom. The Morgan fingerprint density at radius 3 is 2.37 bits per heavy atom. The van der Waals surface area contributed by atoms with Crippen molar-refractivity contribution in [2.24, 2.45) is 0 Å². The van der Waals surface area contributed by atoms with E-state index < -0.39 is 34.9 Å². The smallest absolute Gasteiger partial charge is 0.341 e. The maximum Gasteiger partial charge on any atom is 0.341 e. The van der Waals surface area contributed by atoms with Crippen LogP contribution in [0.5, 0.6) is 0 Å². The number of hydrogen-bond donors (Lipinski definition) is 2. The molecule has 0 radical (unpaired) electrons. The Hall–Kier alpha value is -2.20. The Bertz CT molecular complexity index is 904. The molecule has 0 bridgehead atoms. The van der Waals surface area contributed by atoms with Crippen LogP contribution in [0.4, 0.5) is 28.3 Å². The summed E-state index contributed by atoms with van der Waals surface area (Å²) in [6.07, 6.45) is 3.41. The molecule has 0 aliphatic heterocycles. The van der Waals surface area contributed by atoms with Gasteiger partial charge in [0.05, 0.1) is 12.7 Å². The highest BCUT2D eigenvalue weighted by Gasteiger charge is 2.27. The Kier molecular flexibility index (Phi) is 5.66. The molecule has 0 fully saturated rings. The van der Waals surface area contributed by atoms with Crippen molar-refractivity contribution in [1.82, 2.24) is 0 Å². The van der Waals surface area contributed by atoms with Gasteiger partial charge in [0, 0.05) is 10.9 Å². The fourth-order valence-corrected chi connectivity index (χ4v) is 4.45. The molecular weight excluding hydrogens is 404 g/mol. The quantitative estimate of drug-likeness (QED) is 0.325. The van der Waals surface area contributed by atoms with E-state index >= 15 is 0 Å². The van der Waals surface area contributed by atoms with E-state index in [1.165, 1.54) is 18.4 Å². The molecule has 4 nitrogen and oxygen atoms in total. The molecule has 1 aliphatic rings. The van der Waals surface area contributed by atoms with Crippen molar-refractivity contribution < 1.29 is 27.1 Å². The number of halogens is 4. The maximum absolute atomic E-state index is 13.8. The molecule has 0 saturated carbocycles. The van der Waals surface area contributed by atoms with Crippen molar-refractivity contribution in [3.8, 4) is 0 Å². The van der Waals surface area contributed by atoms with Crippen LogP contribution in [-0.2, 0) is 17.6 Å². The molecule has 1 aromatic heterocycles. The predicted octanol–water partition coefficient (Wildman–Crippen LogP) is 4.78. The number of nitrogens with one attached hydrogen (secondary N) is 2. The second-order valence-electron chi connectivity index (χ2n) is 5.83. The SMILES string of the molecule is COC(=O)c1c(NC(=S)Nc2c(F)c(F)cc(F)c2F)sc2c1CCCC2. The number of aryl methyl sites for hydroxylation is 1. The molecule has 1 aliphatic carbocycles.